The standard InChI is InChI=1S/C38H33Br2Cl2NO3S/c1-3-43-19-18-36(44)38(25-43,34-17-16-33(24-35(34)46-4-2)47(45)20-6-5-7-37(39)40)30-22-28(26-8-12-31(41)13-9-26)21-29(23-30)27-10-14-32(42)15-11-27/h1,8-19,21-24,37H,4-7,20,25H2,2H3. The van der Waals surface area contributed by atoms with Crippen LogP contribution in [0.2, 0.25) is 10.0 Å². The Bertz CT molecular complexity index is 1770. The molecule has 47 heavy (non-hydrogen) atoms. The largest absolute Gasteiger partial charge is 0.494 e. The van der Waals surface area contributed by atoms with Gasteiger partial charge in [0.15, 0.2) is 5.78 Å². The highest BCUT2D eigenvalue weighted by Crippen LogP contribution is 2.45. The SMILES string of the molecule is C#CN1C=CC(=O)C(c2cc(-c3ccc(Cl)cc3)cc(-c3ccc(Cl)cc3)c2)(c2ccc(S(=O)CCCCC(Br)Br)cc2OCC)C1. The van der Waals surface area contributed by atoms with Crippen molar-refractivity contribution in [2.45, 2.75) is 40.2 Å². The molecule has 1 heterocycles. The van der Waals surface area contributed by atoms with Gasteiger partial charge in [-0.2, -0.15) is 0 Å². The molecular formula is C38H33Br2Cl2NO3S. The lowest BCUT2D eigenvalue weighted by molar-refractivity contribution is -0.119. The summed E-state index contributed by atoms with van der Waals surface area (Å²) in [5.74, 6) is 0.904. The summed E-state index contributed by atoms with van der Waals surface area (Å²) in [7, 11) is -1.24. The molecule has 0 N–H and O–H groups in total. The van der Waals surface area contributed by atoms with Crippen molar-refractivity contribution in [3.8, 4) is 40.5 Å². The van der Waals surface area contributed by atoms with Crippen molar-refractivity contribution in [1.82, 2.24) is 4.90 Å². The van der Waals surface area contributed by atoms with Gasteiger partial charge in [-0.15, -0.1) is 0 Å². The molecule has 0 saturated heterocycles. The molecule has 2 unspecified atom stereocenters. The molecular weight excluding hydrogens is 781 g/mol. The summed E-state index contributed by atoms with van der Waals surface area (Å²) in [5.41, 5.74) is 3.86. The lowest BCUT2D eigenvalue weighted by Crippen LogP contribution is -2.47. The van der Waals surface area contributed by atoms with Gasteiger partial charge in [0.05, 0.1) is 27.7 Å². The van der Waals surface area contributed by atoms with Gasteiger partial charge in [-0.05, 0) is 108 Å². The first kappa shape index (κ1) is 35.4. The van der Waals surface area contributed by atoms with Crippen LogP contribution in [0.5, 0.6) is 5.75 Å². The molecule has 1 aliphatic heterocycles. The van der Waals surface area contributed by atoms with Crippen LogP contribution >= 0.6 is 55.1 Å². The Balaban J connectivity index is 1.71. The lowest BCUT2D eigenvalue weighted by atomic mass is 9.68. The van der Waals surface area contributed by atoms with Gasteiger partial charge in [-0.1, -0.05) is 98.2 Å². The van der Waals surface area contributed by atoms with Crippen LogP contribution in [-0.2, 0) is 21.0 Å². The highest BCUT2D eigenvalue weighted by atomic mass is 79.9. The molecule has 0 fully saturated rings. The van der Waals surface area contributed by atoms with Crippen LogP contribution < -0.4 is 4.74 Å². The van der Waals surface area contributed by atoms with Gasteiger partial charge in [0.2, 0.25) is 0 Å². The van der Waals surface area contributed by atoms with Gasteiger partial charge in [0.25, 0.3) is 0 Å². The van der Waals surface area contributed by atoms with Crippen molar-refractivity contribution < 1.29 is 13.7 Å². The monoisotopic (exact) mass is 811 g/mol. The van der Waals surface area contributed by atoms with Crippen molar-refractivity contribution in [2.75, 3.05) is 18.9 Å². The van der Waals surface area contributed by atoms with E-state index in [1.54, 1.807) is 11.1 Å². The van der Waals surface area contributed by atoms with E-state index < -0.39 is 16.2 Å². The number of halogens is 4. The second kappa shape index (κ2) is 16.0. The number of carbonyl (C=O) groups excluding carboxylic acids is 1. The van der Waals surface area contributed by atoms with Crippen LogP contribution in [-0.4, -0.2) is 37.5 Å². The van der Waals surface area contributed by atoms with Gasteiger partial charge in [-0.25, -0.2) is 0 Å². The molecule has 2 atom stereocenters. The fourth-order valence-corrected chi connectivity index (χ4v) is 7.85. The fourth-order valence-electron chi connectivity index (χ4n) is 5.80. The average molecular weight is 814 g/mol. The summed E-state index contributed by atoms with van der Waals surface area (Å²) in [6, 6.07) is 29.7. The Morgan fingerprint density at radius 3 is 2.09 bits per heavy atom. The summed E-state index contributed by atoms with van der Waals surface area (Å²) >= 11 is 19.5. The van der Waals surface area contributed by atoms with E-state index in [4.69, 9.17) is 34.4 Å². The Morgan fingerprint density at radius 1 is 0.915 bits per heavy atom. The maximum absolute atomic E-state index is 14.4. The molecule has 0 spiro atoms. The van der Waals surface area contributed by atoms with Crippen molar-refractivity contribution in [2.24, 2.45) is 0 Å². The molecule has 0 radical (unpaired) electrons. The van der Waals surface area contributed by atoms with E-state index in [1.807, 2.05) is 85.8 Å². The maximum atomic E-state index is 14.4. The summed E-state index contributed by atoms with van der Waals surface area (Å²) in [5, 5.41) is 1.26. The number of nitrogens with zero attached hydrogens (tertiary/aromatic N) is 1. The third kappa shape index (κ3) is 8.24. The number of carbonyl (C=O) groups is 1. The van der Waals surface area contributed by atoms with Gasteiger partial charge >= 0.3 is 0 Å². The number of hydrogen-bond donors (Lipinski definition) is 0. The van der Waals surface area contributed by atoms with Gasteiger partial charge in [0.1, 0.15) is 11.2 Å². The van der Waals surface area contributed by atoms with Crippen molar-refractivity contribution in [1.29, 1.82) is 0 Å². The zero-order valence-electron chi connectivity index (χ0n) is 25.7. The number of unbranched alkanes of at least 4 members (excludes halogenated alkanes) is 1. The summed E-state index contributed by atoms with van der Waals surface area (Å²) in [6.45, 7) is 2.44. The van der Waals surface area contributed by atoms with Gasteiger partial charge in [0, 0.05) is 38.5 Å². The first-order chi connectivity index (χ1) is 22.6. The zero-order valence-corrected chi connectivity index (χ0v) is 31.2. The molecule has 0 aliphatic carbocycles. The zero-order chi connectivity index (χ0) is 33.6. The molecule has 1 aliphatic rings. The second-order valence-corrected chi connectivity index (χ2v) is 17.1. The minimum atomic E-state index is -1.24. The van der Waals surface area contributed by atoms with Crippen LogP contribution in [0.15, 0.2) is 102 Å². The Labute approximate surface area is 306 Å². The van der Waals surface area contributed by atoms with Crippen molar-refractivity contribution in [3.05, 3.63) is 118 Å². The van der Waals surface area contributed by atoms with Crippen LogP contribution in [0.25, 0.3) is 22.3 Å². The van der Waals surface area contributed by atoms with E-state index >= 15 is 0 Å². The minimum Gasteiger partial charge on any atom is -0.494 e. The van der Waals surface area contributed by atoms with Gasteiger partial charge in [-0.3, -0.25) is 9.00 Å². The normalized spacial score (nSPS) is 16.7. The van der Waals surface area contributed by atoms with Crippen LogP contribution in [0.1, 0.15) is 37.3 Å². The van der Waals surface area contributed by atoms with Gasteiger partial charge < -0.3 is 9.64 Å². The Kier molecular flexibility index (Phi) is 12.1. The van der Waals surface area contributed by atoms with Crippen molar-refractivity contribution in [3.63, 3.8) is 0 Å². The van der Waals surface area contributed by atoms with E-state index in [0.29, 0.717) is 38.6 Å². The highest BCUT2D eigenvalue weighted by Gasteiger charge is 2.46. The Hall–Kier alpha value is -2.86. The summed E-state index contributed by atoms with van der Waals surface area (Å²) in [4.78, 5) is 16.8. The minimum absolute atomic E-state index is 0.131. The molecule has 0 saturated carbocycles. The lowest BCUT2D eigenvalue weighted by Gasteiger charge is -2.39. The number of ether oxygens (including phenoxy) is 1. The number of benzene rings is 4. The van der Waals surface area contributed by atoms with Crippen molar-refractivity contribution >= 4 is 71.6 Å². The maximum Gasteiger partial charge on any atom is 0.174 e. The predicted molar refractivity (Wildman–Crippen MR) is 202 cm³/mol. The first-order valence-corrected chi connectivity index (χ1v) is 19.1. The molecule has 5 rings (SSSR count). The molecule has 0 bridgehead atoms. The number of hydrogen-bond acceptors (Lipinski definition) is 4. The average Bonchev–Trinajstić information content (AvgIpc) is 3.07. The molecule has 0 aromatic heterocycles. The summed E-state index contributed by atoms with van der Waals surface area (Å²) < 4.78 is 19.9. The first-order valence-electron chi connectivity index (χ1n) is 15.2. The fraction of sp³-hybridized carbons (Fsp3) is 0.237. The molecule has 4 nitrogen and oxygen atoms in total. The van der Waals surface area contributed by atoms with E-state index in [2.05, 4.69) is 44.0 Å². The predicted octanol–water partition coefficient (Wildman–Crippen LogP) is 10.4. The molecule has 242 valence electrons. The topological polar surface area (TPSA) is 46.6 Å². The highest BCUT2D eigenvalue weighted by molar-refractivity contribution is 9.24. The van der Waals surface area contributed by atoms with E-state index in [-0.39, 0.29) is 16.1 Å². The number of rotatable bonds is 12. The number of terminal acetylenes is 1. The molecule has 4 aromatic rings. The van der Waals surface area contributed by atoms with E-state index in [0.717, 1.165) is 47.1 Å². The van der Waals surface area contributed by atoms with E-state index in [9.17, 15) is 9.00 Å². The van der Waals surface area contributed by atoms with Crippen LogP contribution in [0.3, 0.4) is 0 Å². The van der Waals surface area contributed by atoms with E-state index in [1.165, 1.54) is 6.08 Å². The summed E-state index contributed by atoms with van der Waals surface area (Å²) in [6.07, 6.45) is 11.8. The third-order valence-corrected chi connectivity index (χ3v) is 11.0. The number of ketones is 1. The molecule has 4 aromatic carbocycles. The quantitative estimate of drug-likeness (QED) is 0.0812. The third-order valence-electron chi connectivity index (χ3n) is 8.16. The smallest absolute Gasteiger partial charge is 0.174 e. The molecule has 9 heteroatoms. The van der Waals surface area contributed by atoms with Crippen LogP contribution in [0, 0.1) is 12.5 Å². The molecule has 0 amide bonds. The number of allylic oxidation sites excluding steroid dienone is 1. The Morgan fingerprint density at radius 2 is 1.53 bits per heavy atom. The number of alkyl halides is 2. The second-order valence-electron chi connectivity index (χ2n) is 11.2. The van der Waals surface area contributed by atoms with Crippen LogP contribution in [0.4, 0.5) is 0 Å².